The lowest BCUT2D eigenvalue weighted by atomic mass is 9.96. The Bertz CT molecular complexity index is 1010. The van der Waals surface area contributed by atoms with Crippen LogP contribution in [-0.2, 0) is 6.42 Å². The van der Waals surface area contributed by atoms with E-state index in [9.17, 15) is 4.79 Å². The number of carbonyl (C=O) groups is 1. The molecule has 0 spiro atoms. The monoisotopic (exact) mass is 344 g/mol. The van der Waals surface area contributed by atoms with Crippen LogP contribution in [0.2, 0.25) is 0 Å². The molecule has 4 rings (SSSR count). The molecule has 0 saturated heterocycles. The van der Waals surface area contributed by atoms with Gasteiger partial charge in [-0.3, -0.25) is 4.79 Å². The number of aromatic nitrogens is 1. The highest BCUT2D eigenvalue weighted by molar-refractivity contribution is 6.02. The van der Waals surface area contributed by atoms with Crippen LogP contribution in [0.4, 0.5) is 0 Å². The molecule has 1 aliphatic rings. The molecule has 3 heteroatoms. The van der Waals surface area contributed by atoms with Crippen molar-refractivity contribution in [3.05, 3.63) is 82.2 Å². The van der Waals surface area contributed by atoms with Crippen molar-refractivity contribution in [2.24, 2.45) is 5.73 Å². The molecule has 2 aromatic carbocycles. The Hall–Kier alpha value is -2.81. The number of fused-ring (bicyclic) bond motifs is 1. The molecule has 1 aliphatic carbocycles. The summed E-state index contributed by atoms with van der Waals surface area (Å²) in [6, 6.07) is 17.1. The van der Waals surface area contributed by atoms with E-state index in [0.29, 0.717) is 5.56 Å². The van der Waals surface area contributed by atoms with Crippen molar-refractivity contribution in [1.29, 1.82) is 0 Å². The minimum absolute atomic E-state index is 0.266. The number of primary amides is 1. The molecule has 2 N–H and O–H groups in total. The maximum Gasteiger partial charge on any atom is 0.251 e. The first kappa shape index (κ1) is 16.6. The third kappa shape index (κ3) is 2.38. The second kappa shape index (κ2) is 6.17. The number of benzene rings is 2. The van der Waals surface area contributed by atoms with E-state index >= 15 is 0 Å². The van der Waals surface area contributed by atoms with Crippen LogP contribution in [0.5, 0.6) is 0 Å². The van der Waals surface area contributed by atoms with Crippen LogP contribution in [0.15, 0.2) is 48.5 Å². The summed E-state index contributed by atoms with van der Waals surface area (Å²) in [7, 11) is 0. The molecular formula is C23H24N2O. The third-order valence-electron chi connectivity index (χ3n) is 5.77. The molecule has 26 heavy (non-hydrogen) atoms. The Morgan fingerprint density at radius 1 is 1.00 bits per heavy atom. The van der Waals surface area contributed by atoms with E-state index in [1.807, 2.05) is 19.1 Å². The van der Waals surface area contributed by atoms with Crippen molar-refractivity contribution < 1.29 is 4.79 Å². The zero-order valence-electron chi connectivity index (χ0n) is 15.5. The van der Waals surface area contributed by atoms with Crippen molar-refractivity contribution in [1.82, 2.24) is 4.57 Å². The van der Waals surface area contributed by atoms with Crippen molar-refractivity contribution in [2.75, 3.05) is 0 Å². The molecule has 0 saturated carbocycles. The summed E-state index contributed by atoms with van der Waals surface area (Å²) >= 11 is 0. The van der Waals surface area contributed by atoms with Gasteiger partial charge in [-0.25, -0.2) is 0 Å². The molecule has 1 aromatic heterocycles. The quantitative estimate of drug-likeness (QED) is 0.734. The zero-order valence-corrected chi connectivity index (χ0v) is 15.5. The predicted molar refractivity (Wildman–Crippen MR) is 105 cm³/mol. The maximum absolute atomic E-state index is 12.4. The number of nitrogens with zero attached hydrogens (tertiary/aromatic N) is 1. The van der Waals surface area contributed by atoms with Crippen molar-refractivity contribution in [2.45, 2.75) is 39.7 Å². The van der Waals surface area contributed by atoms with Crippen LogP contribution in [0.1, 0.15) is 50.9 Å². The third-order valence-corrected chi connectivity index (χ3v) is 5.77. The average molecular weight is 344 g/mol. The smallest absolute Gasteiger partial charge is 0.251 e. The molecule has 1 amide bonds. The molecule has 1 heterocycles. The summed E-state index contributed by atoms with van der Waals surface area (Å²) in [6.07, 6.45) is 2.13. The predicted octanol–water partition coefficient (Wildman–Crippen LogP) is 4.71. The standard InChI is InChI=1S/C23H24N2O/c1-14-8-4-6-10-18(14)21-15(2)25(16(3)22(21)23(24)26)20-13-12-17-9-5-7-11-19(17)20/h4-11,20H,12-13H2,1-3H3,(H2,24,26). The van der Waals surface area contributed by atoms with E-state index in [-0.39, 0.29) is 11.9 Å². The molecule has 3 nitrogen and oxygen atoms in total. The highest BCUT2D eigenvalue weighted by Gasteiger charge is 2.30. The van der Waals surface area contributed by atoms with Crippen LogP contribution >= 0.6 is 0 Å². The second-order valence-corrected chi connectivity index (χ2v) is 7.22. The fourth-order valence-electron chi connectivity index (χ4n) is 4.61. The van der Waals surface area contributed by atoms with E-state index in [0.717, 1.165) is 40.9 Å². The normalized spacial score (nSPS) is 15.9. The molecule has 132 valence electrons. The van der Waals surface area contributed by atoms with E-state index in [1.54, 1.807) is 0 Å². The number of hydrogen-bond donors (Lipinski definition) is 1. The number of nitrogens with two attached hydrogens (primary N) is 1. The Labute approximate surface area is 154 Å². The highest BCUT2D eigenvalue weighted by atomic mass is 16.1. The maximum atomic E-state index is 12.4. The lowest BCUT2D eigenvalue weighted by Crippen LogP contribution is -2.15. The first-order valence-electron chi connectivity index (χ1n) is 9.15. The van der Waals surface area contributed by atoms with Gasteiger partial charge in [0.2, 0.25) is 0 Å². The van der Waals surface area contributed by atoms with Gasteiger partial charge in [-0.15, -0.1) is 0 Å². The fourth-order valence-corrected chi connectivity index (χ4v) is 4.61. The summed E-state index contributed by atoms with van der Waals surface area (Å²) in [6.45, 7) is 6.22. The molecule has 0 radical (unpaired) electrons. The SMILES string of the molecule is Cc1ccccc1-c1c(C(N)=O)c(C)n(C2CCc3ccccc32)c1C. The van der Waals surface area contributed by atoms with Gasteiger partial charge in [0.05, 0.1) is 11.6 Å². The van der Waals surface area contributed by atoms with E-state index < -0.39 is 0 Å². The first-order chi connectivity index (χ1) is 12.5. The van der Waals surface area contributed by atoms with Crippen LogP contribution < -0.4 is 5.73 Å². The Kier molecular flexibility index (Phi) is 3.95. The van der Waals surface area contributed by atoms with E-state index in [2.05, 4.69) is 54.8 Å². The second-order valence-electron chi connectivity index (χ2n) is 7.22. The number of rotatable bonds is 3. The largest absolute Gasteiger partial charge is 0.366 e. The Balaban J connectivity index is 1.98. The molecule has 1 atom stereocenters. The average Bonchev–Trinajstić information content (AvgIpc) is 3.14. The molecule has 3 aromatic rings. The summed E-state index contributed by atoms with van der Waals surface area (Å²) in [5.74, 6) is -0.353. The summed E-state index contributed by atoms with van der Waals surface area (Å²) < 4.78 is 2.33. The Morgan fingerprint density at radius 3 is 2.42 bits per heavy atom. The number of hydrogen-bond acceptors (Lipinski definition) is 1. The molecule has 0 fully saturated rings. The first-order valence-corrected chi connectivity index (χ1v) is 9.15. The van der Waals surface area contributed by atoms with E-state index in [4.69, 9.17) is 5.73 Å². The van der Waals surface area contributed by atoms with Gasteiger partial charge in [0, 0.05) is 17.0 Å². The number of carbonyl (C=O) groups excluding carboxylic acids is 1. The minimum atomic E-state index is -0.353. The minimum Gasteiger partial charge on any atom is -0.366 e. The summed E-state index contributed by atoms with van der Waals surface area (Å²) in [5.41, 5.74) is 14.6. The van der Waals surface area contributed by atoms with Gasteiger partial charge in [0.25, 0.3) is 5.91 Å². The van der Waals surface area contributed by atoms with Crippen LogP contribution in [0.3, 0.4) is 0 Å². The van der Waals surface area contributed by atoms with Crippen LogP contribution in [0, 0.1) is 20.8 Å². The van der Waals surface area contributed by atoms with Gasteiger partial charge in [-0.1, -0.05) is 48.5 Å². The van der Waals surface area contributed by atoms with Gasteiger partial charge in [0.1, 0.15) is 0 Å². The molecule has 0 aliphatic heterocycles. The zero-order chi connectivity index (χ0) is 18.4. The van der Waals surface area contributed by atoms with Gasteiger partial charge in [-0.05, 0) is 55.9 Å². The van der Waals surface area contributed by atoms with Gasteiger partial charge in [-0.2, -0.15) is 0 Å². The fraction of sp³-hybridized carbons (Fsp3) is 0.261. The lowest BCUT2D eigenvalue weighted by molar-refractivity contribution is 0.1000. The van der Waals surface area contributed by atoms with Gasteiger partial charge >= 0.3 is 0 Å². The number of amides is 1. The van der Waals surface area contributed by atoms with Crippen LogP contribution in [-0.4, -0.2) is 10.5 Å². The van der Waals surface area contributed by atoms with Gasteiger partial charge in [0.15, 0.2) is 0 Å². The summed E-state index contributed by atoms with van der Waals surface area (Å²) in [5, 5.41) is 0. The topological polar surface area (TPSA) is 48.0 Å². The van der Waals surface area contributed by atoms with Crippen LogP contribution in [0.25, 0.3) is 11.1 Å². The van der Waals surface area contributed by atoms with Crippen molar-refractivity contribution in [3.63, 3.8) is 0 Å². The Morgan fingerprint density at radius 2 is 1.69 bits per heavy atom. The van der Waals surface area contributed by atoms with Crippen molar-refractivity contribution >= 4 is 5.91 Å². The molecule has 0 bridgehead atoms. The lowest BCUT2D eigenvalue weighted by Gasteiger charge is -2.19. The summed E-state index contributed by atoms with van der Waals surface area (Å²) in [4.78, 5) is 12.4. The van der Waals surface area contributed by atoms with Crippen molar-refractivity contribution in [3.8, 4) is 11.1 Å². The molecule has 1 unspecified atom stereocenters. The van der Waals surface area contributed by atoms with E-state index in [1.165, 1.54) is 11.1 Å². The van der Waals surface area contributed by atoms with Gasteiger partial charge < -0.3 is 10.3 Å². The highest BCUT2D eigenvalue weighted by Crippen LogP contribution is 2.41. The molecular weight excluding hydrogens is 320 g/mol. The number of aryl methyl sites for hydroxylation is 2.